The Morgan fingerprint density at radius 3 is 2.41 bits per heavy atom. The van der Waals surface area contributed by atoms with Gasteiger partial charge < -0.3 is 10.8 Å². The minimum Gasteiger partial charge on any atom is -0.506 e. The van der Waals surface area contributed by atoms with Gasteiger partial charge in [0.25, 0.3) is 11.8 Å². The van der Waals surface area contributed by atoms with Crippen LogP contribution < -0.4 is 16.5 Å². The highest BCUT2D eigenvalue weighted by atomic mass is 16.3. The lowest BCUT2D eigenvalue weighted by molar-refractivity contribution is -0.112. The molecular formula is C25H24N4O3. The maximum absolute atomic E-state index is 13.6. The second-order valence-electron chi connectivity index (χ2n) is 7.84. The quantitative estimate of drug-likeness (QED) is 0.146. The molecule has 0 unspecified atom stereocenters. The smallest absolute Gasteiger partial charge is 0.272 e. The fourth-order valence-corrected chi connectivity index (χ4v) is 3.79. The Hall–Kier alpha value is -4.10. The Morgan fingerprint density at radius 2 is 1.72 bits per heavy atom. The molecule has 0 bridgehead atoms. The van der Waals surface area contributed by atoms with Gasteiger partial charge in [0, 0.05) is 22.5 Å². The Balaban J connectivity index is 1.79. The van der Waals surface area contributed by atoms with E-state index in [4.69, 9.17) is 11.6 Å². The number of carbonyl (C=O) groups excluding carboxylic acids is 2. The van der Waals surface area contributed by atoms with Gasteiger partial charge in [-0.15, -0.1) is 0 Å². The minimum atomic E-state index is -0.545. The normalized spacial score (nSPS) is 14.4. The third-order valence-electron chi connectivity index (χ3n) is 5.80. The molecule has 0 saturated heterocycles. The van der Waals surface area contributed by atoms with E-state index in [1.54, 1.807) is 11.8 Å². The van der Waals surface area contributed by atoms with Crippen LogP contribution in [0.15, 0.2) is 66.4 Å². The van der Waals surface area contributed by atoms with Crippen molar-refractivity contribution in [1.29, 1.82) is 0 Å². The van der Waals surface area contributed by atoms with E-state index in [1.807, 2.05) is 56.3 Å². The number of hydrogen-bond acceptors (Lipinski definition) is 5. The number of phenols is 1. The van der Waals surface area contributed by atoms with E-state index in [0.29, 0.717) is 16.8 Å². The lowest BCUT2D eigenvalue weighted by atomic mass is 10.0. The van der Waals surface area contributed by atoms with Gasteiger partial charge >= 0.3 is 0 Å². The van der Waals surface area contributed by atoms with Crippen molar-refractivity contribution >= 4 is 34.4 Å². The number of rotatable bonds is 3. The van der Waals surface area contributed by atoms with Gasteiger partial charge in [-0.1, -0.05) is 24.3 Å². The molecule has 4 rings (SSSR count). The highest BCUT2D eigenvalue weighted by Gasteiger charge is 2.36. The predicted molar refractivity (Wildman–Crippen MR) is 125 cm³/mol. The summed E-state index contributed by atoms with van der Waals surface area (Å²) in [5, 5.41) is 10.6. The molecule has 5 N–H and O–H groups in total. The molecule has 0 spiro atoms. The maximum Gasteiger partial charge on any atom is 0.272 e. The zero-order valence-electron chi connectivity index (χ0n) is 18.1. The van der Waals surface area contributed by atoms with Crippen molar-refractivity contribution < 1.29 is 14.7 Å². The molecule has 162 valence electrons. The van der Waals surface area contributed by atoms with E-state index in [1.165, 1.54) is 18.2 Å². The first-order valence-electron chi connectivity index (χ1n) is 10.1. The predicted octanol–water partition coefficient (Wildman–Crippen LogP) is 4.02. The second kappa shape index (κ2) is 7.86. The summed E-state index contributed by atoms with van der Waals surface area (Å²) in [4.78, 5) is 28.2. The SMILES string of the molecule is C/C(=C1\C(=O)N(c2ccc(C)c(C)c2)c2ccccc21)N(N)C(=O)c1ccc(O)c(N)c1. The fraction of sp³-hybridized carbons (Fsp3) is 0.120. The number of carbonyl (C=O) groups is 2. The van der Waals surface area contributed by atoms with E-state index in [0.717, 1.165) is 27.5 Å². The van der Waals surface area contributed by atoms with E-state index >= 15 is 0 Å². The molecule has 32 heavy (non-hydrogen) atoms. The molecule has 1 aliphatic rings. The first kappa shape index (κ1) is 21.1. The number of nitrogens with zero attached hydrogens (tertiary/aromatic N) is 2. The number of aromatic hydroxyl groups is 1. The summed E-state index contributed by atoms with van der Waals surface area (Å²) < 4.78 is 0. The Labute approximate surface area is 186 Å². The number of hydrazine groups is 1. The number of amides is 2. The van der Waals surface area contributed by atoms with Crippen molar-refractivity contribution in [3.05, 3.63) is 88.6 Å². The van der Waals surface area contributed by atoms with Crippen molar-refractivity contribution in [3.8, 4) is 5.75 Å². The number of aryl methyl sites for hydroxylation is 2. The summed E-state index contributed by atoms with van der Waals surface area (Å²) in [5.41, 5.74) is 11.0. The van der Waals surface area contributed by atoms with Gasteiger partial charge in [0.05, 0.1) is 16.9 Å². The Morgan fingerprint density at radius 1 is 1.00 bits per heavy atom. The second-order valence-corrected chi connectivity index (χ2v) is 7.84. The molecule has 1 aliphatic heterocycles. The zero-order valence-corrected chi connectivity index (χ0v) is 18.1. The van der Waals surface area contributed by atoms with Crippen molar-refractivity contribution in [2.24, 2.45) is 5.84 Å². The molecular weight excluding hydrogens is 404 g/mol. The van der Waals surface area contributed by atoms with Crippen LogP contribution in [-0.2, 0) is 4.79 Å². The number of anilines is 3. The topological polar surface area (TPSA) is 113 Å². The number of phenolic OH excluding ortho intramolecular Hbond substituents is 1. The molecule has 0 radical (unpaired) electrons. The van der Waals surface area contributed by atoms with Gasteiger partial charge in [-0.3, -0.25) is 14.5 Å². The fourth-order valence-electron chi connectivity index (χ4n) is 3.79. The summed E-state index contributed by atoms with van der Waals surface area (Å²) >= 11 is 0. The average Bonchev–Trinajstić information content (AvgIpc) is 3.07. The highest BCUT2D eigenvalue weighted by molar-refractivity contribution is 6.35. The van der Waals surface area contributed by atoms with Crippen LogP contribution in [0.3, 0.4) is 0 Å². The van der Waals surface area contributed by atoms with Crippen LogP contribution in [-0.4, -0.2) is 21.9 Å². The van der Waals surface area contributed by atoms with E-state index in [9.17, 15) is 14.7 Å². The van der Waals surface area contributed by atoms with E-state index < -0.39 is 5.91 Å². The Bertz CT molecular complexity index is 1300. The van der Waals surface area contributed by atoms with Crippen molar-refractivity contribution in [3.63, 3.8) is 0 Å². The van der Waals surface area contributed by atoms with Crippen molar-refractivity contribution in [2.45, 2.75) is 20.8 Å². The van der Waals surface area contributed by atoms with E-state index in [-0.39, 0.29) is 22.9 Å². The molecule has 2 amide bonds. The lowest BCUT2D eigenvalue weighted by Gasteiger charge is -2.21. The van der Waals surface area contributed by atoms with E-state index in [2.05, 4.69) is 0 Å². The summed E-state index contributed by atoms with van der Waals surface area (Å²) in [7, 11) is 0. The number of benzene rings is 3. The molecule has 0 atom stereocenters. The summed E-state index contributed by atoms with van der Waals surface area (Å²) in [6.45, 7) is 5.65. The molecule has 7 nitrogen and oxygen atoms in total. The monoisotopic (exact) mass is 428 g/mol. The van der Waals surface area contributed by atoms with Crippen LogP contribution in [0.2, 0.25) is 0 Å². The van der Waals surface area contributed by atoms with Crippen molar-refractivity contribution in [2.75, 3.05) is 10.6 Å². The standard InChI is InChI=1S/C25H24N4O3/c1-14-8-10-18(12-15(14)2)28-21-7-5-4-6-19(21)23(25(28)32)16(3)29(27)24(31)17-9-11-22(30)20(26)13-17/h4-13,30H,26-27H2,1-3H3/b23-16+. The minimum absolute atomic E-state index is 0.0674. The molecule has 0 saturated carbocycles. The van der Waals surface area contributed by atoms with Gasteiger partial charge in [0.15, 0.2) is 0 Å². The number of fused-ring (bicyclic) bond motifs is 1. The van der Waals surface area contributed by atoms with Crippen LogP contribution >= 0.6 is 0 Å². The highest BCUT2D eigenvalue weighted by Crippen LogP contribution is 2.43. The molecule has 3 aromatic carbocycles. The zero-order chi connectivity index (χ0) is 23.2. The molecule has 7 heteroatoms. The third kappa shape index (κ3) is 3.38. The van der Waals surface area contributed by atoms with Crippen LogP contribution in [0.1, 0.15) is 34.0 Å². The van der Waals surface area contributed by atoms with Gasteiger partial charge in [-0.2, -0.15) is 0 Å². The van der Waals surface area contributed by atoms with Crippen LogP contribution in [0.5, 0.6) is 5.75 Å². The van der Waals surface area contributed by atoms with Crippen molar-refractivity contribution in [1.82, 2.24) is 5.01 Å². The first-order chi connectivity index (χ1) is 15.2. The maximum atomic E-state index is 13.6. The molecule has 0 aliphatic carbocycles. The number of nitrogens with two attached hydrogens (primary N) is 2. The number of hydrogen-bond donors (Lipinski definition) is 3. The van der Waals surface area contributed by atoms with Gasteiger partial charge in [-0.25, -0.2) is 10.9 Å². The summed E-state index contributed by atoms with van der Waals surface area (Å²) in [6.07, 6.45) is 0. The van der Waals surface area contributed by atoms with Gasteiger partial charge in [-0.05, 0) is 68.3 Å². The lowest BCUT2D eigenvalue weighted by Crippen LogP contribution is -2.37. The summed E-state index contributed by atoms with van der Waals surface area (Å²) in [6, 6.07) is 17.4. The molecule has 0 aromatic heterocycles. The summed E-state index contributed by atoms with van der Waals surface area (Å²) in [5.74, 6) is 5.23. The number of para-hydroxylation sites is 1. The van der Waals surface area contributed by atoms with Crippen LogP contribution in [0.25, 0.3) is 5.57 Å². The van der Waals surface area contributed by atoms with Gasteiger partial charge in [0.1, 0.15) is 5.75 Å². The van der Waals surface area contributed by atoms with Crippen LogP contribution in [0, 0.1) is 13.8 Å². The largest absolute Gasteiger partial charge is 0.506 e. The van der Waals surface area contributed by atoms with Gasteiger partial charge in [0.2, 0.25) is 0 Å². The third-order valence-corrected chi connectivity index (χ3v) is 5.80. The molecule has 1 heterocycles. The van der Waals surface area contributed by atoms with Crippen LogP contribution in [0.4, 0.5) is 17.1 Å². The average molecular weight is 428 g/mol. The number of nitrogen functional groups attached to an aromatic ring is 1. The Kier molecular flexibility index (Phi) is 5.20. The number of allylic oxidation sites excluding steroid dienone is 1. The molecule has 3 aromatic rings. The first-order valence-corrected chi connectivity index (χ1v) is 10.1. The molecule has 0 fully saturated rings.